The fraction of sp³-hybridized carbons (Fsp3) is 0.250. The summed E-state index contributed by atoms with van der Waals surface area (Å²) in [4.78, 5) is 23.6. The lowest BCUT2D eigenvalue weighted by Gasteiger charge is -2.05. The van der Waals surface area contributed by atoms with E-state index in [0.717, 1.165) is 29.3 Å². The quantitative estimate of drug-likeness (QED) is 0.370. The van der Waals surface area contributed by atoms with Crippen LogP contribution in [0, 0.1) is 0 Å². The average molecular weight is 416 g/mol. The maximum atomic E-state index is 11.8. The molecule has 0 fully saturated rings. The van der Waals surface area contributed by atoms with Crippen LogP contribution < -0.4 is 10.7 Å². The molecule has 0 saturated carbocycles. The highest BCUT2D eigenvalue weighted by atomic mass is 79.9. The smallest absolute Gasteiger partial charge is 0.251 e. The Balaban J connectivity index is 1.53. The monoisotopic (exact) mass is 415 g/mol. The number of carbonyl (C=O) groups is 2. The van der Waals surface area contributed by atoms with Crippen molar-refractivity contribution < 1.29 is 9.59 Å². The first-order chi connectivity index (χ1) is 12.6. The second kappa shape index (κ2) is 11.2. The van der Waals surface area contributed by atoms with Crippen molar-refractivity contribution in [2.75, 3.05) is 6.54 Å². The number of nitrogens with zero attached hydrogens (tertiary/aromatic N) is 1. The van der Waals surface area contributed by atoms with Crippen LogP contribution in [0.3, 0.4) is 0 Å². The number of hydrogen-bond donors (Lipinski definition) is 2. The molecule has 0 aromatic heterocycles. The Bertz CT molecular complexity index is 730. The molecule has 0 saturated heterocycles. The lowest BCUT2D eigenvalue weighted by Crippen LogP contribution is -2.24. The van der Waals surface area contributed by atoms with Gasteiger partial charge in [-0.15, -0.1) is 0 Å². The lowest BCUT2D eigenvalue weighted by molar-refractivity contribution is -0.121. The van der Waals surface area contributed by atoms with Gasteiger partial charge in [-0.1, -0.05) is 52.7 Å². The third-order valence-electron chi connectivity index (χ3n) is 3.68. The molecular weight excluding hydrogens is 394 g/mol. The van der Waals surface area contributed by atoms with E-state index < -0.39 is 0 Å². The molecule has 5 nitrogen and oxygen atoms in total. The molecule has 0 aliphatic heterocycles. The molecule has 2 amide bonds. The van der Waals surface area contributed by atoms with Crippen molar-refractivity contribution >= 4 is 34.0 Å². The van der Waals surface area contributed by atoms with Gasteiger partial charge in [0, 0.05) is 23.0 Å². The highest BCUT2D eigenvalue weighted by molar-refractivity contribution is 9.10. The van der Waals surface area contributed by atoms with Crippen molar-refractivity contribution in [3.63, 3.8) is 0 Å². The highest BCUT2D eigenvalue weighted by Gasteiger charge is 2.03. The van der Waals surface area contributed by atoms with Gasteiger partial charge in [0.2, 0.25) is 5.91 Å². The Morgan fingerprint density at radius 1 is 0.962 bits per heavy atom. The number of halogens is 1. The maximum Gasteiger partial charge on any atom is 0.251 e. The van der Waals surface area contributed by atoms with Crippen LogP contribution in [0.2, 0.25) is 0 Å². The molecule has 26 heavy (non-hydrogen) atoms. The molecule has 0 aliphatic rings. The molecule has 136 valence electrons. The van der Waals surface area contributed by atoms with Crippen LogP contribution in [0.15, 0.2) is 64.2 Å². The molecule has 2 N–H and O–H groups in total. The zero-order valence-electron chi connectivity index (χ0n) is 14.5. The largest absolute Gasteiger partial charge is 0.352 e. The Hall–Kier alpha value is -2.47. The minimum atomic E-state index is -0.105. The van der Waals surface area contributed by atoms with Gasteiger partial charge < -0.3 is 5.32 Å². The zero-order chi connectivity index (χ0) is 18.6. The topological polar surface area (TPSA) is 70.6 Å². The van der Waals surface area contributed by atoms with E-state index in [1.807, 2.05) is 42.5 Å². The molecule has 0 spiro atoms. The van der Waals surface area contributed by atoms with Gasteiger partial charge in [-0.25, -0.2) is 5.43 Å². The summed E-state index contributed by atoms with van der Waals surface area (Å²) in [5.74, 6) is -0.169. The summed E-state index contributed by atoms with van der Waals surface area (Å²) in [6.07, 6.45) is 4.52. The van der Waals surface area contributed by atoms with Gasteiger partial charge >= 0.3 is 0 Å². The van der Waals surface area contributed by atoms with Crippen LogP contribution in [0.1, 0.15) is 41.6 Å². The summed E-state index contributed by atoms with van der Waals surface area (Å²) < 4.78 is 0.999. The number of benzene rings is 2. The van der Waals surface area contributed by atoms with Crippen LogP contribution in [0.4, 0.5) is 0 Å². The van der Waals surface area contributed by atoms with E-state index in [1.54, 1.807) is 18.3 Å². The van der Waals surface area contributed by atoms with Crippen molar-refractivity contribution in [1.82, 2.24) is 10.7 Å². The van der Waals surface area contributed by atoms with E-state index in [-0.39, 0.29) is 11.8 Å². The van der Waals surface area contributed by atoms with Gasteiger partial charge in [0.15, 0.2) is 0 Å². The third-order valence-corrected chi connectivity index (χ3v) is 4.20. The van der Waals surface area contributed by atoms with Crippen molar-refractivity contribution in [2.24, 2.45) is 5.10 Å². The summed E-state index contributed by atoms with van der Waals surface area (Å²) in [5, 5.41) is 6.82. The molecule has 0 bridgehead atoms. The van der Waals surface area contributed by atoms with E-state index in [1.165, 1.54) is 0 Å². The molecule has 2 aromatic rings. The zero-order valence-corrected chi connectivity index (χ0v) is 16.0. The lowest BCUT2D eigenvalue weighted by atomic mass is 10.2. The van der Waals surface area contributed by atoms with E-state index in [9.17, 15) is 9.59 Å². The predicted molar refractivity (Wildman–Crippen MR) is 107 cm³/mol. The summed E-state index contributed by atoms with van der Waals surface area (Å²) in [5.41, 5.74) is 4.11. The van der Waals surface area contributed by atoms with Gasteiger partial charge in [-0.3, -0.25) is 9.59 Å². The number of nitrogens with one attached hydrogen (secondary N) is 2. The number of hydrogen-bond acceptors (Lipinski definition) is 3. The Kier molecular flexibility index (Phi) is 8.55. The molecule has 0 atom stereocenters. The molecule has 2 aromatic carbocycles. The van der Waals surface area contributed by atoms with Gasteiger partial charge in [-0.2, -0.15) is 5.10 Å². The SMILES string of the molecule is O=C(CCCCCNC(=O)c1ccccc1)N/N=C/c1ccc(Br)cc1. The predicted octanol–water partition coefficient (Wildman–Crippen LogP) is 3.89. The van der Waals surface area contributed by atoms with E-state index in [2.05, 4.69) is 31.8 Å². The van der Waals surface area contributed by atoms with Crippen molar-refractivity contribution in [2.45, 2.75) is 25.7 Å². The standard InChI is InChI=1S/C20H22BrN3O2/c21-18-12-10-16(11-13-18)15-23-24-19(25)9-5-2-6-14-22-20(26)17-7-3-1-4-8-17/h1,3-4,7-8,10-13,15H,2,5-6,9,14H2,(H,22,26)(H,24,25)/b23-15+. The van der Waals surface area contributed by atoms with Crippen LogP contribution >= 0.6 is 15.9 Å². The van der Waals surface area contributed by atoms with E-state index in [4.69, 9.17) is 0 Å². The molecule has 0 unspecified atom stereocenters. The van der Waals surface area contributed by atoms with Crippen LogP contribution in [0.5, 0.6) is 0 Å². The Morgan fingerprint density at radius 3 is 2.42 bits per heavy atom. The Morgan fingerprint density at radius 2 is 1.69 bits per heavy atom. The summed E-state index contributed by atoms with van der Waals surface area (Å²) in [7, 11) is 0. The molecule has 0 heterocycles. The van der Waals surface area contributed by atoms with Gasteiger partial charge in [0.1, 0.15) is 0 Å². The normalized spacial score (nSPS) is 10.7. The first-order valence-corrected chi connectivity index (χ1v) is 9.35. The number of rotatable bonds is 9. The minimum Gasteiger partial charge on any atom is -0.352 e. The van der Waals surface area contributed by atoms with Crippen LogP contribution in [-0.2, 0) is 4.79 Å². The van der Waals surface area contributed by atoms with Crippen LogP contribution in [0.25, 0.3) is 0 Å². The van der Waals surface area contributed by atoms with Crippen LogP contribution in [-0.4, -0.2) is 24.6 Å². The number of hydrazone groups is 1. The first kappa shape index (κ1) is 19.8. The second-order valence-electron chi connectivity index (χ2n) is 5.78. The van der Waals surface area contributed by atoms with E-state index >= 15 is 0 Å². The fourth-order valence-corrected chi connectivity index (χ4v) is 2.53. The number of amides is 2. The van der Waals surface area contributed by atoms with Crippen molar-refractivity contribution in [3.8, 4) is 0 Å². The van der Waals surface area contributed by atoms with Crippen molar-refractivity contribution in [3.05, 3.63) is 70.2 Å². The van der Waals surface area contributed by atoms with Crippen molar-refractivity contribution in [1.29, 1.82) is 0 Å². The summed E-state index contributed by atoms with van der Waals surface area (Å²) in [6.45, 7) is 0.608. The molecule has 2 rings (SSSR count). The number of unbranched alkanes of at least 4 members (excludes halogenated alkanes) is 2. The fourth-order valence-electron chi connectivity index (χ4n) is 2.26. The van der Waals surface area contributed by atoms with Gasteiger partial charge in [-0.05, 0) is 42.7 Å². The second-order valence-corrected chi connectivity index (χ2v) is 6.69. The molecule has 6 heteroatoms. The summed E-state index contributed by atoms with van der Waals surface area (Å²) >= 11 is 3.37. The van der Waals surface area contributed by atoms with Gasteiger partial charge in [0.05, 0.1) is 6.21 Å². The van der Waals surface area contributed by atoms with Gasteiger partial charge in [0.25, 0.3) is 5.91 Å². The number of carbonyl (C=O) groups excluding carboxylic acids is 2. The molecule has 0 radical (unpaired) electrons. The maximum absolute atomic E-state index is 11.8. The minimum absolute atomic E-state index is 0.0642. The van der Waals surface area contributed by atoms with E-state index in [0.29, 0.717) is 18.5 Å². The molecule has 0 aliphatic carbocycles. The third kappa shape index (κ3) is 7.61. The first-order valence-electron chi connectivity index (χ1n) is 8.56. The highest BCUT2D eigenvalue weighted by Crippen LogP contribution is 2.09. The molecular formula is C20H22BrN3O2. The summed E-state index contributed by atoms with van der Waals surface area (Å²) in [6, 6.07) is 16.8. The average Bonchev–Trinajstić information content (AvgIpc) is 2.66. The Labute approximate surface area is 162 Å².